The maximum absolute atomic E-state index is 5.61. The second-order valence-electron chi connectivity index (χ2n) is 7.40. The van der Waals surface area contributed by atoms with Gasteiger partial charge in [0.05, 0.1) is 0 Å². The lowest BCUT2D eigenvalue weighted by atomic mass is 9.78. The summed E-state index contributed by atoms with van der Waals surface area (Å²) < 4.78 is 0. The third-order valence-corrected chi connectivity index (χ3v) is 5.14. The Morgan fingerprint density at radius 1 is 1.16 bits per heavy atom. The molecule has 2 aliphatic rings. The van der Waals surface area contributed by atoms with Crippen molar-refractivity contribution in [3.63, 3.8) is 0 Å². The normalized spacial score (nSPS) is 20.0. The predicted octanol–water partition coefficient (Wildman–Crippen LogP) is 4.25. The quantitative estimate of drug-likeness (QED) is 0.825. The Kier molecular flexibility index (Phi) is 4.67. The molecule has 0 aliphatic heterocycles. The number of hydrogen-bond donors (Lipinski definition) is 1. The van der Waals surface area contributed by atoms with Crippen molar-refractivity contribution in [2.24, 2.45) is 5.73 Å². The molecule has 0 fully saturated rings. The van der Waals surface area contributed by atoms with Gasteiger partial charge in [-0.2, -0.15) is 0 Å². The van der Waals surface area contributed by atoms with Gasteiger partial charge in [0.25, 0.3) is 0 Å². The molecule has 2 N–H and O–H groups in total. The van der Waals surface area contributed by atoms with Crippen LogP contribution in [-0.2, 0) is 5.41 Å². The van der Waals surface area contributed by atoms with Crippen LogP contribution in [0, 0.1) is 0 Å². The first kappa shape index (κ1) is 17.3. The summed E-state index contributed by atoms with van der Waals surface area (Å²) in [5.41, 5.74) is 12.3. The zero-order valence-corrected chi connectivity index (χ0v) is 15.5. The van der Waals surface area contributed by atoms with Crippen LogP contribution >= 0.6 is 0 Å². The second kappa shape index (κ2) is 6.76. The monoisotopic (exact) mass is 329 g/mol. The average molecular weight is 329 g/mol. The standard InChI is InChI=1S/C24H27N/c1-17-15-21-20-13-9-10-14-22(20)24(3,4)23(21)16-19(17)12-8-6-5-7-11-18(2)25/h5-9,11-13,15-16H,1,10,14,25H2,2-4H3/b7-5-,8-6+,18-11-,19-12-. The van der Waals surface area contributed by atoms with Crippen LogP contribution in [0.5, 0.6) is 0 Å². The number of rotatable bonds is 3. The molecule has 3 rings (SSSR count). The first-order chi connectivity index (χ1) is 11.9. The number of fused-ring (bicyclic) bond motifs is 2. The van der Waals surface area contributed by atoms with E-state index in [4.69, 9.17) is 5.73 Å². The summed E-state index contributed by atoms with van der Waals surface area (Å²) in [5.74, 6) is 0. The first-order valence-electron chi connectivity index (χ1n) is 8.92. The smallest absolute Gasteiger partial charge is 0.0121 e. The summed E-state index contributed by atoms with van der Waals surface area (Å²) in [6.07, 6.45) is 18.9. The molecule has 0 amide bonds. The average Bonchev–Trinajstić information content (AvgIpc) is 2.79. The lowest BCUT2D eigenvalue weighted by Gasteiger charge is -2.25. The van der Waals surface area contributed by atoms with Crippen molar-refractivity contribution >= 4 is 18.2 Å². The molecule has 0 saturated carbocycles. The van der Waals surface area contributed by atoms with Crippen LogP contribution in [-0.4, -0.2) is 0 Å². The fourth-order valence-corrected chi connectivity index (χ4v) is 3.78. The highest BCUT2D eigenvalue weighted by Gasteiger charge is 2.36. The van der Waals surface area contributed by atoms with E-state index in [-0.39, 0.29) is 5.41 Å². The topological polar surface area (TPSA) is 26.0 Å². The van der Waals surface area contributed by atoms with Crippen LogP contribution in [0.3, 0.4) is 0 Å². The Morgan fingerprint density at radius 3 is 2.68 bits per heavy atom. The van der Waals surface area contributed by atoms with E-state index in [2.05, 4.69) is 56.9 Å². The van der Waals surface area contributed by atoms with Crippen LogP contribution < -0.4 is 16.2 Å². The molecule has 1 aromatic rings. The van der Waals surface area contributed by atoms with Gasteiger partial charge in [-0.1, -0.05) is 68.5 Å². The summed E-state index contributed by atoms with van der Waals surface area (Å²) in [7, 11) is 0. The van der Waals surface area contributed by atoms with Gasteiger partial charge in [0.15, 0.2) is 0 Å². The molecule has 2 aliphatic carbocycles. The van der Waals surface area contributed by atoms with E-state index in [0.29, 0.717) is 0 Å². The highest BCUT2D eigenvalue weighted by Crippen LogP contribution is 2.48. The lowest BCUT2D eigenvalue weighted by Crippen LogP contribution is -2.27. The van der Waals surface area contributed by atoms with E-state index < -0.39 is 0 Å². The van der Waals surface area contributed by atoms with E-state index >= 15 is 0 Å². The summed E-state index contributed by atoms with van der Waals surface area (Å²) in [5, 5.41) is 2.26. The molecule has 0 saturated heterocycles. The van der Waals surface area contributed by atoms with Crippen LogP contribution in [0.25, 0.3) is 18.2 Å². The molecule has 0 unspecified atom stereocenters. The second-order valence-corrected chi connectivity index (χ2v) is 7.40. The third-order valence-electron chi connectivity index (χ3n) is 5.14. The molecule has 0 atom stereocenters. The molecule has 25 heavy (non-hydrogen) atoms. The van der Waals surface area contributed by atoms with E-state index in [0.717, 1.165) is 23.8 Å². The zero-order chi connectivity index (χ0) is 18.0. The fourth-order valence-electron chi connectivity index (χ4n) is 3.78. The van der Waals surface area contributed by atoms with Crippen molar-refractivity contribution in [1.29, 1.82) is 0 Å². The summed E-state index contributed by atoms with van der Waals surface area (Å²) >= 11 is 0. The number of nitrogens with two attached hydrogens (primary N) is 1. The largest absolute Gasteiger partial charge is 0.402 e. The first-order valence-corrected chi connectivity index (χ1v) is 8.92. The van der Waals surface area contributed by atoms with Gasteiger partial charge in [0, 0.05) is 11.1 Å². The summed E-state index contributed by atoms with van der Waals surface area (Å²) in [4.78, 5) is 0. The predicted molar refractivity (Wildman–Crippen MR) is 110 cm³/mol. The van der Waals surface area contributed by atoms with Crippen molar-refractivity contribution in [3.8, 4) is 0 Å². The minimum atomic E-state index is 0.110. The van der Waals surface area contributed by atoms with Crippen molar-refractivity contribution < 1.29 is 0 Å². The van der Waals surface area contributed by atoms with E-state index in [1.165, 1.54) is 21.9 Å². The van der Waals surface area contributed by atoms with Crippen molar-refractivity contribution in [2.75, 3.05) is 0 Å². The molecular weight excluding hydrogens is 302 g/mol. The Bertz CT molecular complexity index is 943. The Labute approximate surface area is 151 Å². The molecule has 0 heterocycles. The van der Waals surface area contributed by atoms with Gasteiger partial charge >= 0.3 is 0 Å². The van der Waals surface area contributed by atoms with Gasteiger partial charge in [-0.25, -0.2) is 0 Å². The van der Waals surface area contributed by atoms with Crippen LogP contribution in [0.4, 0.5) is 0 Å². The SMILES string of the molecule is C=c1cc2c(c/c1=C/C=C/C=C\C=C(\C)N)C(C)(C)C1=C2C=CCC1. The summed E-state index contributed by atoms with van der Waals surface area (Å²) in [6, 6.07) is 4.58. The molecule has 1 aromatic carbocycles. The Balaban J connectivity index is 1.97. The van der Waals surface area contributed by atoms with Gasteiger partial charge in [-0.15, -0.1) is 0 Å². The summed E-state index contributed by atoms with van der Waals surface area (Å²) in [6.45, 7) is 10.8. The number of allylic oxidation sites excluding steroid dienone is 10. The van der Waals surface area contributed by atoms with Crippen LogP contribution in [0.15, 0.2) is 65.9 Å². The van der Waals surface area contributed by atoms with Crippen molar-refractivity contribution in [1.82, 2.24) is 0 Å². The zero-order valence-electron chi connectivity index (χ0n) is 15.5. The van der Waals surface area contributed by atoms with Gasteiger partial charge in [-0.3, -0.25) is 0 Å². The van der Waals surface area contributed by atoms with Crippen molar-refractivity contribution in [2.45, 2.75) is 39.0 Å². The lowest BCUT2D eigenvalue weighted by molar-refractivity contribution is 0.607. The molecular formula is C24H27N. The molecule has 1 heteroatoms. The van der Waals surface area contributed by atoms with E-state index in [9.17, 15) is 0 Å². The maximum Gasteiger partial charge on any atom is 0.0121 e. The highest BCUT2D eigenvalue weighted by molar-refractivity contribution is 5.86. The number of benzene rings is 1. The van der Waals surface area contributed by atoms with Gasteiger partial charge in [0.2, 0.25) is 0 Å². The molecule has 0 aromatic heterocycles. The highest BCUT2D eigenvalue weighted by atomic mass is 14.5. The minimum Gasteiger partial charge on any atom is -0.402 e. The Hall–Kier alpha value is -2.54. The molecule has 0 spiro atoms. The molecule has 128 valence electrons. The number of hydrogen-bond acceptors (Lipinski definition) is 1. The van der Waals surface area contributed by atoms with Crippen LogP contribution in [0.1, 0.15) is 44.7 Å². The van der Waals surface area contributed by atoms with Gasteiger partial charge in [0.1, 0.15) is 0 Å². The fraction of sp³-hybridized carbons (Fsp3) is 0.250. The minimum absolute atomic E-state index is 0.110. The molecule has 0 bridgehead atoms. The Morgan fingerprint density at radius 2 is 1.92 bits per heavy atom. The van der Waals surface area contributed by atoms with E-state index in [1.807, 2.05) is 31.2 Å². The van der Waals surface area contributed by atoms with E-state index in [1.54, 1.807) is 5.57 Å². The van der Waals surface area contributed by atoms with Crippen molar-refractivity contribution in [3.05, 3.63) is 87.5 Å². The van der Waals surface area contributed by atoms with Gasteiger partial charge in [-0.05, 0) is 65.1 Å². The molecule has 1 nitrogen and oxygen atoms in total. The molecule has 0 radical (unpaired) electrons. The van der Waals surface area contributed by atoms with Crippen LogP contribution in [0.2, 0.25) is 0 Å². The third kappa shape index (κ3) is 3.32. The maximum atomic E-state index is 5.61. The van der Waals surface area contributed by atoms with Gasteiger partial charge < -0.3 is 5.73 Å².